The summed E-state index contributed by atoms with van der Waals surface area (Å²) in [5, 5.41) is 11.9. The number of carboxylic acid groups (broad SMARTS) is 1. The lowest BCUT2D eigenvalue weighted by Gasteiger charge is -2.22. The first-order chi connectivity index (χ1) is 14.6. The Balaban J connectivity index is 1.70. The fourth-order valence-electron chi connectivity index (χ4n) is 4.06. The summed E-state index contributed by atoms with van der Waals surface area (Å²) in [6.45, 7) is 2.74. The van der Waals surface area contributed by atoms with Crippen LogP contribution in [0.5, 0.6) is 0 Å². The standard InChI is InChI=1S/C25H26N2O2S/c1-3-8-18(25(28)29)14-16-27-22-11-6-7-12-23(22)30-24(27)17-19-13-15-26(2)21-10-5-4-9-20(19)21/h4-7,9-13,15,17-18H,3,8,14,16H2,1-2H3/p+1. The molecule has 4 rings (SSSR count). The molecule has 0 radical (unpaired) electrons. The molecule has 2 aromatic carbocycles. The lowest BCUT2D eigenvalue weighted by atomic mass is 9.99. The van der Waals surface area contributed by atoms with Gasteiger partial charge in [-0.3, -0.25) is 4.79 Å². The maximum absolute atomic E-state index is 11.7. The summed E-state index contributed by atoms with van der Waals surface area (Å²) in [5.41, 5.74) is 3.53. The Morgan fingerprint density at radius 3 is 2.70 bits per heavy atom. The van der Waals surface area contributed by atoms with Crippen molar-refractivity contribution in [1.82, 2.24) is 0 Å². The molecule has 1 atom stereocenters. The normalized spacial score (nSPS) is 15.5. The number of carbonyl (C=O) groups is 1. The number of aromatic nitrogens is 1. The number of anilines is 1. The van der Waals surface area contributed by atoms with Gasteiger partial charge in [-0.15, -0.1) is 0 Å². The van der Waals surface area contributed by atoms with Crippen molar-refractivity contribution in [3.8, 4) is 0 Å². The van der Waals surface area contributed by atoms with Gasteiger partial charge in [-0.05, 0) is 42.7 Å². The molecule has 4 nitrogen and oxygen atoms in total. The monoisotopic (exact) mass is 419 g/mol. The molecule has 0 fully saturated rings. The van der Waals surface area contributed by atoms with Crippen LogP contribution in [-0.4, -0.2) is 17.6 Å². The molecule has 0 saturated heterocycles. The van der Waals surface area contributed by atoms with E-state index in [0.717, 1.165) is 17.9 Å². The minimum atomic E-state index is -0.691. The maximum Gasteiger partial charge on any atom is 0.306 e. The zero-order chi connectivity index (χ0) is 21.1. The molecular weight excluding hydrogens is 392 g/mol. The zero-order valence-electron chi connectivity index (χ0n) is 17.4. The lowest BCUT2D eigenvalue weighted by molar-refractivity contribution is -0.644. The van der Waals surface area contributed by atoms with Gasteiger partial charge in [-0.25, -0.2) is 4.57 Å². The molecule has 0 aliphatic carbocycles. The van der Waals surface area contributed by atoms with E-state index < -0.39 is 5.97 Å². The van der Waals surface area contributed by atoms with E-state index in [4.69, 9.17) is 0 Å². The second-order valence-electron chi connectivity index (χ2n) is 7.72. The molecule has 2 heterocycles. The van der Waals surface area contributed by atoms with Gasteiger partial charge in [-0.2, -0.15) is 0 Å². The van der Waals surface area contributed by atoms with Crippen molar-refractivity contribution in [3.63, 3.8) is 0 Å². The molecule has 1 unspecified atom stereocenters. The number of carboxylic acids is 1. The molecule has 154 valence electrons. The fraction of sp³-hybridized carbons (Fsp3) is 0.280. The second-order valence-corrected chi connectivity index (χ2v) is 8.78. The highest BCUT2D eigenvalue weighted by Crippen LogP contribution is 2.47. The molecular formula is C25H27N2O2S+. The molecule has 0 spiro atoms. The van der Waals surface area contributed by atoms with E-state index in [1.807, 2.05) is 13.0 Å². The number of para-hydroxylation sites is 2. The van der Waals surface area contributed by atoms with E-state index in [2.05, 4.69) is 77.3 Å². The summed E-state index contributed by atoms with van der Waals surface area (Å²) in [6.07, 6.45) is 6.57. The molecule has 30 heavy (non-hydrogen) atoms. The van der Waals surface area contributed by atoms with Crippen LogP contribution in [0.3, 0.4) is 0 Å². The first kappa shape index (κ1) is 20.5. The number of rotatable bonds is 7. The third-order valence-electron chi connectivity index (χ3n) is 5.68. The highest BCUT2D eigenvalue weighted by molar-refractivity contribution is 8.03. The molecule has 0 saturated carbocycles. The number of benzene rings is 2. The number of hydrogen-bond donors (Lipinski definition) is 1. The predicted octanol–water partition coefficient (Wildman–Crippen LogP) is 5.47. The van der Waals surface area contributed by atoms with Crippen molar-refractivity contribution in [2.75, 3.05) is 11.4 Å². The summed E-state index contributed by atoms with van der Waals surface area (Å²) < 4.78 is 2.13. The van der Waals surface area contributed by atoms with E-state index in [9.17, 15) is 9.90 Å². The van der Waals surface area contributed by atoms with Gasteiger partial charge in [0.15, 0.2) is 6.20 Å². The van der Waals surface area contributed by atoms with Crippen LogP contribution in [0.4, 0.5) is 5.69 Å². The highest BCUT2D eigenvalue weighted by Gasteiger charge is 2.27. The minimum Gasteiger partial charge on any atom is -0.481 e. The Bertz CT molecular complexity index is 1110. The molecule has 0 bridgehead atoms. The molecule has 1 aliphatic rings. The van der Waals surface area contributed by atoms with Gasteiger partial charge < -0.3 is 10.0 Å². The van der Waals surface area contributed by atoms with Crippen molar-refractivity contribution in [1.29, 1.82) is 0 Å². The van der Waals surface area contributed by atoms with E-state index in [1.54, 1.807) is 11.8 Å². The quantitative estimate of drug-likeness (QED) is 0.516. The molecule has 1 aromatic heterocycles. The zero-order valence-corrected chi connectivity index (χ0v) is 18.2. The number of thioether (sulfide) groups is 1. The van der Waals surface area contributed by atoms with Gasteiger partial charge in [-0.1, -0.05) is 49.4 Å². The summed E-state index contributed by atoms with van der Waals surface area (Å²) in [7, 11) is 2.06. The van der Waals surface area contributed by atoms with E-state index in [-0.39, 0.29) is 5.92 Å². The SMILES string of the molecule is CCCC(CCN1C(=Cc2cc[n+](C)c3ccccc23)Sc2ccccc21)C(=O)O. The topological polar surface area (TPSA) is 44.4 Å². The third kappa shape index (κ3) is 4.08. The van der Waals surface area contributed by atoms with Crippen LogP contribution in [0, 0.1) is 5.92 Å². The van der Waals surface area contributed by atoms with Gasteiger partial charge in [0.05, 0.1) is 22.0 Å². The van der Waals surface area contributed by atoms with E-state index in [1.165, 1.54) is 27.0 Å². The first-order valence-electron chi connectivity index (χ1n) is 10.4. The van der Waals surface area contributed by atoms with Gasteiger partial charge in [0.2, 0.25) is 5.52 Å². The fourth-order valence-corrected chi connectivity index (χ4v) is 5.20. The van der Waals surface area contributed by atoms with Crippen LogP contribution in [0.25, 0.3) is 17.0 Å². The van der Waals surface area contributed by atoms with Crippen LogP contribution in [0.15, 0.2) is 70.7 Å². The summed E-state index contributed by atoms with van der Waals surface area (Å²) in [6, 6.07) is 18.9. The van der Waals surface area contributed by atoms with Crippen molar-refractivity contribution in [3.05, 3.63) is 71.4 Å². The van der Waals surface area contributed by atoms with E-state index in [0.29, 0.717) is 13.0 Å². The van der Waals surface area contributed by atoms with Crippen LogP contribution in [0.1, 0.15) is 31.7 Å². The largest absolute Gasteiger partial charge is 0.481 e. The number of nitrogens with zero attached hydrogens (tertiary/aromatic N) is 2. The molecule has 0 amide bonds. The van der Waals surface area contributed by atoms with Crippen molar-refractivity contribution in [2.24, 2.45) is 13.0 Å². The highest BCUT2D eigenvalue weighted by atomic mass is 32.2. The van der Waals surface area contributed by atoms with Gasteiger partial charge in [0.25, 0.3) is 0 Å². The number of aliphatic carboxylic acids is 1. The predicted molar refractivity (Wildman–Crippen MR) is 123 cm³/mol. The number of hydrogen-bond acceptors (Lipinski definition) is 3. The number of pyridine rings is 1. The van der Waals surface area contributed by atoms with Gasteiger partial charge in [0.1, 0.15) is 7.05 Å². The van der Waals surface area contributed by atoms with Crippen LogP contribution >= 0.6 is 11.8 Å². The Morgan fingerprint density at radius 2 is 1.90 bits per heavy atom. The minimum absolute atomic E-state index is 0.300. The maximum atomic E-state index is 11.7. The Labute approximate surface area is 181 Å². The number of aryl methyl sites for hydroxylation is 1. The third-order valence-corrected chi connectivity index (χ3v) is 6.79. The molecule has 1 N–H and O–H groups in total. The second kappa shape index (κ2) is 8.92. The number of fused-ring (bicyclic) bond motifs is 2. The lowest BCUT2D eigenvalue weighted by Crippen LogP contribution is -2.28. The Morgan fingerprint density at radius 1 is 1.13 bits per heavy atom. The Kier molecular flexibility index (Phi) is 6.09. The smallest absolute Gasteiger partial charge is 0.306 e. The van der Waals surface area contributed by atoms with Gasteiger partial charge in [0, 0.05) is 23.6 Å². The first-order valence-corrected chi connectivity index (χ1v) is 11.3. The molecule has 1 aliphatic heterocycles. The summed E-state index contributed by atoms with van der Waals surface area (Å²) in [4.78, 5) is 15.2. The van der Waals surface area contributed by atoms with Crippen molar-refractivity contribution >= 4 is 40.4 Å². The summed E-state index contributed by atoms with van der Waals surface area (Å²) >= 11 is 1.76. The average molecular weight is 420 g/mol. The summed E-state index contributed by atoms with van der Waals surface area (Å²) in [5.74, 6) is -0.991. The Hall–Kier alpha value is -2.79. The van der Waals surface area contributed by atoms with Crippen LogP contribution < -0.4 is 9.47 Å². The average Bonchev–Trinajstić information content (AvgIpc) is 3.10. The molecule has 3 aromatic rings. The van der Waals surface area contributed by atoms with Crippen molar-refractivity contribution < 1.29 is 14.5 Å². The van der Waals surface area contributed by atoms with Gasteiger partial charge >= 0.3 is 5.97 Å². The van der Waals surface area contributed by atoms with Crippen LogP contribution in [-0.2, 0) is 11.8 Å². The van der Waals surface area contributed by atoms with Crippen molar-refractivity contribution in [2.45, 2.75) is 31.1 Å². The van der Waals surface area contributed by atoms with E-state index >= 15 is 0 Å². The van der Waals surface area contributed by atoms with Crippen LogP contribution in [0.2, 0.25) is 0 Å². The molecule has 5 heteroatoms.